The van der Waals surface area contributed by atoms with Gasteiger partial charge in [0.25, 0.3) is 0 Å². The Kier molecular flexibility index (Phi) is 11.5. The highest BCUT2D eigenvalue weighted by atomic mass is 16.5. The van der Waals surface area contributed by atoms with E-state index in [2.05, 4.69) is 13.8 Å². The molecule has 3 heteroatoms. The van der Waals surface area contributed by atoms with Crippen molar-refractivity contribution in [3.8, 4) is 0 Å². The monoisotopic (exact) mass is 243 g/mol. The van der Waals surface area contributed by atoms with Gasteiger partial charge < -0.3 is 9.64 Å². The number of ether oxygens (including phenoxy) is 1. The van der Waals surface area contributed by atoms with E-state index in [0.29, 0.717) is 18.9 Å². The lowest BCUT2D eigenvalue weighted by Gasteiger charge is -2.22. The Balaban J connectivity index is 3.85. The van der Waals surface area contributed by atoms with E-state index in [9.17, 15) is 4.79 Å². The zero-order valence-electron chi connectivity index (χ0n) is 11.8. The van der Waals surface area contributed by atoms with Crippen molar-refractivity contribution in [3.05, 3.63) is 0 Å². The molecule has 102 valence electrons. The average Bonchev–Trinajstić information content (AvgIpc) is 2.34. The van der Waals surface area contributed by atoms with Crippen molar-refractivity contribution in [2.75, 3.05) is 26.3 Å². The van der Waals surface area contributed by atoms with E-state index in [4.69, 9.17) is 4.74 Å². The molecule has 0 aromatic carbocycles. The van der Waals surface area contributed by atoms with E-state index in [1.54, 1.807) is 0 Å². The smallest absolute Gasteiger partial charge is 0.222 e. The highest BCUT2D eigenvalue weighted by molar-refractivity contribution is 5.76. The largest absolute Gasteiger partial charge is 0.382 e. The van der Waals surface area contributed by atoms with Crippen molar-refractivity contribution in [1.29, 1.82) is 0 Å². The molecule has 0 rings (SSSR count). The van der Waals surface area contributed by atoms with Crippen molar-refractivity contribution in [1.82, 2.24) is 4.90 Å². The summed E-state index contributed by atoms with van der Waals surface area (Å²) in [6, 6.07) is 0. The first-order chi connectivity index (χ1) is 8.26. The minimum absolute atomic E-state index is 0.298. The summed E-state index contributed by atoms with van der Waals surface area (Å²) < 4.78 is 5.26. The molecule has 0 saturated carbocycles. The Morgan fingerprint density at radius 1 is 1.00 bits per heavy atom. The highest BCUT2D eigenvalue weighted by Gasteiger charge is 2.11. The van der Waals surface area contributed by atoms with Gasteiger partial charge >= 0.3 is 0 Å². The molecule has 0 aliphatic heterocycles. The molecule has 0 aromatic heterocycles. The number of hydrogen-bond acceptors (Lipinski definition) is 2. The van der Waals surface area contributed by atoms with E-state index >= 15 is 0 Å². The van der Waals surface area contributed by atoms with Crippen LogP contribution in [0, 0.1) is 0 Å². The molecule has 0 unspecified atom stereocenters. The zero-order valence-corrected chi connectivity index (χ0v) is 11.8. The van der Waals surface area contributed by atoms with Crippen molar-refractivity contribution >= 4 is 5.91 Å². The van der Waals surface area contributed by atoms with Crippen LogP contribution in [0.25, 0.3) is 0 Å². The van der Waals surface area contributed by atoms with Gasteiger partial charge in [0.2, 0.25) is 5.91 Å². The van der Waals surface area contributed by atoms with Crippen LogP contribution in [-0.2, 0) is 9.53 Å². The molecule has 0 atom stereocenters. The van der Waals surface area contributed by atoms with Crippen molar-refractivity contribution in [3.63, 3.8) is 0 Å². The Labute approximate surface area is 107 Å². The third kappa shape index (κ3) is 9.16. The second-order valence-corrected chi connectivity index (χ2v) is 4.39. The third-order valence-corrected chi connectivity index (χ3v) is 2.80. The van der Waals surface area contributed by atoms with Crippen molar-refractivity contribution in [2.45, 2.75) is 59.3 Å². The average molecular weight is 243 g/mol. The fraction of sp³-hybridized carbons (Fsp3) is 0.929. The van der Waals surface area contributed by atoms with Gasteiger partial charge in [-0.3, -0.25) is 4.79 Å². The van der Waals surface area contributed by atoms with Gasteiger partial charge in [0.15, 0.2) is 0 Å². The molecule has 3 nitrogen and oxygen atoms in total. The van der Waals surface area contributed by atoms with Crippen molar-refractivity contribution < 1.29 is 9.53 Å². The van der Waals surface area contributed by atoms with Gasteiger partial charge in [-0.05, 0) is 26.2 Å². The zero-order chi connectivity index (χ0) is 12.9. The van der Waals surface area contributed by atoms with Crippen LogP contribution in [-0.4, -0.2) is 37.1 Å². The predicted molar refractivity (Wildman–Crippen MR) is 72.1 cm³/mol. The maximum absolute atomic E-state index is 12.0. The summed E-state index contributed by atoms with van der Waals surface area (Å²) >= 11 is 0. The summed E-state index contributed by atoms with van der Waals surface area (Å²) in [5.74, 6) is 0.298. The molecule has 17 heavy (non-hydrogen) atoms. The van der Waals surface area contributed by atoms with Crippen LogP contribution >= 0.6 is 0 Å². The van der Waals surface area contributed by atoms with Gasteiger partial charge in [0, 0.05) is 32.7 Å². The molecule has 0 aliphatic carbocycles. The van der Waals surface area contributed by atoms with Gasteiger partial charge in [-0.2, -0.15) is 0 Å². The Morgan fingerprint density at radius 3 is 2.06 bits per heavy atom. The first-order valence-corrected chi connectivity index (χ1v) is 7.11. The van der Waals surface area contributed by atoms with Gasteiger partial charge in [-0.1, -0.05) is 26.7 Å². The maximum Gasteiger partial charge on any atom is 0.222 e. The van der Waals surface area contributed by atoms with Crippen LogP contribution in [0.15, 0.2) is 0 Å². The molecule has 0 bridgehead atoms. The second kappa shape index (κ2) is 11.9. The van der Waals surface area contributed by atoms with E-state index in [1.807, 2.05) is 11.8 Å². The number of hydrogen-bond donors (Lipinski definition) is 0. The Hall–Kier alpha value is -0.570. The molecular weight excluding hydrogens is 214 g/mol. The van der Waals surface area contributed by atoms with Crippen LogP contribution in [0.2, 0.25) is 0 Å². The minimum Gasteiger partial charge on any atom is -0.382 e. The number of carbonyl (C=O) groups is 1. The van der Waals surface area contributed by atoms with Crippen LogP contribution in [0.4, 0.5) is 0 Å². The summed E-state index contributed by atoms with van der Waals surface area (Å²) in [4.78, 5) is 14.0. The van der Waals surface area contributed by atoms with Crippen LogP contribution < -0.4 is 0 Å². The number of carbonyl (C=O) groups excluding carboxylic acids is 1. The first-order valence-electron chi connectivity index (χ1n) is 7.11. The molecule has 0 N–H and O–H groups in total. The van der Waals surface area contributed by atoms with Crippen LogP contribution in [0.3, 0.4) is 0 Å². The minimum atomic E-state index is 0.298. The molecule has 0 radical (unpaired) electrons. The van der Waals surface area contributed by atoms with E-state index in [0.717, 1.165) is 51.8 Å². The van der Waals surface area contributed by atoms with E-state index in [1.165, 1.54) is 0 Å². The number of nitrogens with zero attached hydrogens (tertiary/aromatic N) is 1. The second-order valence-electron chi connectivity index (χ2n) is 4.39. The van der Waals surface area contributed by atoms with Gasteiger partial charge in [-0.15, -0.1) is 0 Å². The van der Waals surface area contributed by atoms with Crippen LogP contribution in [0.5, 0.6) is 0 Å². The molecule has 1 amide bonds. The lowest BCUT2D eigenvalue weighted by atomic mass is 10.2. The molecule has 0 spiro atoms. The first kappa shape index (κ1) is 16.4. The van der Waals surface area contributed by atoms with E-state index < -0.39 is 0 Å². The number of rotatable bonds is 11. The van der Waals surface area contributed by atoms with Gasteiger partial charge in [0.1, 0.15) is 0 Å². The summed E-state index contributed by atoms with van der Waals surface area (Å²) in [6.07, 6.45) is 6.00. The lowest BCUT2D eigenvalue weighted by Crippen LogP contribution is -2.32. The number of unbranched alkanes of at least 4 members (excludes halogenated alkanes) is 2. The topological polar surface area (TPSA) is 29.5 Å². The lowest BCUT2D eigenvalue weighted by molar-refractivity contribution is -0.131. The van der Waals surface area contributed by atoms with Crippen molar-refractivity contribution in [2.24, 2.45) is 0 Å². The summed E-state index contributed by atoms with van der Waals surface area (Å²) in [5.41, 5.74) is 0. The Bertz CT molecular complexity index is 175. The predicted octanol–water partition coefficient (Wildman–Crippen LogP) is 3.23. The molecule has 0 aliphatic rings. The SMILES string of the molecule is CCCCN(CCCC)C(=O)CCCOCC. The molecule has 0 saturated heterocycles. The fourth-order valence-electron chi connectivity index (χ4n) is 1.69. The fourth-order valence-corrected chi connectivity index (χ4v) is 1.69. The normalized spacial score (nSPS) is 10.5. The summed E-state index contributed by atoms with van der Waals surface area (Å²) in [6.45, 7) is 9.60. The van der Waals surface area contributed by atoms with E-state index in [-0.39, 0.29) is 0 Å². The standard InChI is InChI=1S/C14H29NO2/c1-4-7-11-15(12-8-5-2)14(16)10-9-13-17-6-3/h4-13H2,1-3H3. The quantitative estimate of drug-likeness (QED) is 0.521. The molecule has 0 aromatic rings. The number of amides is 1. The third-order valence-electron chi connectivity index (χ3n) is 2.80. The molecule has 0 heterocycles. The van der Waals surface area contributed by atoms with Gasteiger partial charge in [-0.25, -0.2) is 0 Å². The molecule has 0 fully saturated rings. The highest BCUT2D eigenvalue weighted by Crippen LogP contribution is 2.04. The molecular formula is C14H29NO2. The van der Waals surface area contributed by atoms with Crippen LogP contribution in [0.1, 0.15) is 59.3 Å². The summed E-state index contributed by atoms with van der Waals surface area (Å²) in [7, 11) is 0. The Morgan fingerprint density at radius 2 is 1.59 bits per heavy atom. The van der Waals surface area contributed by atoms with Gasteiger partial charge in [0.05, 0.1) is 0 Å². The summed E-state index contributed by atoms with van der Waals surface area (Å²) in [5, 5.41) is 0. The maximum atomic E-state index is 12.0.